The first kappa shape index (κ1) is 26.5. The maximum atomic E-state index is 13.9. The number of carbonyl (C=O) groups is 1. The molecule has 1 saturated heterocycles. The van der Waals surface area contributed by atoms with Crippen LogP contribution in [0.3, 0.4) is 0 Å². The zero-order valence-corrected chi connectivity index (χ0v) is 20.1. The first-order valence-corrected chi connectivity index (χ1v) is 12.6. The van der Waals surface area contributed by atoms with Crippen molar-refractivity contribution in [1.82, 2.24) is 9.97 Å². The Morgan fingerprint density at radius 3 is 2.54 bits per heavy atom. The number of aliphatic carboxylic acids is 1. The van der Waals surface area contributed by atoms with Crippen LogP contribution in [-0.4, -0.2) is 53.3 Å². The van der Waals surface area contributed by atoms with Crippen molar-refractivity contribution in [3.63, 3.8) is 0 Å². The standard InChI is InChI=1S/C24H21F4N3O5S/c1-13-5-6-14(25)11-16(13)21-17(24(26,27)28)8-7-15(29-21)12-37(35,36)20-4-2-3-19(30-20)31-10-9-18(32)22(31)23(33)34/h2-8,11,18,22,32H,9-10,12H2,1H3,(H,33,34). The lowest BCUT2D eigenvalue weighted by Crippen LogP contribution is -2.42. The molecule has 13 heteroatoms. The van der Waals surface area contributed by atoms with Crippen LogP contribution in [0.5, 0.6) is 0 Å². The summed E-state index contributed by atoms with van der Waals surface area (Å²) < 4.78 is 81.2. The van der Waals surface area contributed by atoms with Gasteiger partial charge >= 0.3 is 12.1 Å². The van der Waals surface area contributed by atoms with Crippen LogP contribution in [0.2, 0.25) is 0 Å². The Balaban J connectivity index is 1.71. The highest BCUT2D eigenvalue weighted by atomic mass is 32.2. The Kier molecular flexibility index (Phi) is 6.95. The Bertz CT molecular complexity index is 1460. The van der Waals surface area contributed by atoms with Crippen molar-refractivity contribution in [3.05, 3.63) is 71.2 Å². The van der Waals surface area contributed by atoms with E-state index in [2.05, 4.69) is 9.97 Å². The molecule has 2 aromatic heterocycles. The van der Waals surface area contributed by atoms with Crippen LogP contribution in [0.1, 0.15) is 23.2 Å². The van der Waals surface area contributed by atoms with Gasteiger partial charge in [-0.3, -0.25) is 4.98 Å². The van der Waals surface area contributed by atoms with Gasteiger partial charge in [0.2, 0.25) is 9.84 Å². The zero-order valence-electron chi connectivity index (χ0n) is 19.3. The van der Waals surface area contributed by atoms with E-state index in [0.29, 0.717) is 11.6 Å². The molecule has 4 rings (SSSR count). The van der Waals surface area contributed by atoms with Gasteiger partial charge in [-0.2, -0.15) is 13.2 Å². The highest BCUT2D eigenvalue weighted by Crippen LogP contribution is 2.38. The molecular weight excluding hydrogens is 518 g/mol. The zero-order chi connectivity index (χ0) is 27.1. The van der Waals surface area contributed by atoms with Crippen LogP contribution in [0.15, 0.2) is 53.6 Å². The summed E-state index contributed by atoms with van der Waals surface area (Å²) in [6.07, 6.45) is -5.84. The van der Waals surface area contributed by atoms with Crippen molar-refractivity contribution in [2.75, 3.05) is 11.4 Å². The van der Waals surface area contributed by atoms with Crippen molar-refractivity contribution in [2.45, 2.75) is 42.4 Å². The molecule has 0 spiro atoms. The normalized spacial score (nSPS) is 18.3. The molecule has 37 heavy (non-hydrogen) atoms. The van der Waals surface area contributed by atoms with E-state index in [0.717, 1.165) is 18.2 Å². The van der Waals surface area contributed by atoms with Crippen molar-refractivity contribution in [2.24, 2.45) is 0 Å². The second-order valence-electron chi connectivity index (χ2n) is 8.58. The van der Waals surface area contributed by atoms with E-state index in [9.17, 15) is 41.0 Å². The number of carboxylic acid groups (broad SMARTS) is 1. The molecule has 2 atom stereocenters. The third-order valence-corrected chi connectivity index (χ3v) is 7.53. The molecule has 0 amide bonds. The summed E-state index contributed by atoms with van der Waals surface area (Å²) in [5, 5.41) is 18.9. The summed E-state index contributed by atoms with van der Waals surface area (Å²) in [5.74, 6) is -2.87. The van der Waals surface area contributed by atoms with E-state index >= 15 is 0 Å². The topological polar surface area (TPSA) is 121 Å². The number of aliphatic hydroxyl groups excluding tert-OH is 1. The van der Waals surface area contributed by atoms with Gasteiger partial charge in [0.15, 0.2) is 11.1 Å². The van der Waals surface area contributed by atoms with Gasteiger partial charge in [0, 0.05) is 12.1 Å². The number of hydrogen-bond acceptors (Lipinski definition) is 7. The predicted octanol–water partition coefficient (Wildman–Crippen LogP) is 3.61. The van der Waals surface area contributed by atoms with Crippen molar-refractivity contribution in [1.29, 1.82) is 0 Å². The number of benzene rings is 1. The third kappa shape index (κ3) is 5.42. The monoisotopic (exact) mass is 539 g/mol. The highest BCUT2D eigenvalue weighted by Gasteiger charge is 2.39. The Morgan fingerprint density at radius 1 is 1.14 bits per heavy atom. The van der Waals surface area contributed by atoms with Crippen molar-refractivity contribution >= 4 is 21.6 Å². The molecule has 2 N–H and O–H groups in total. The van der Waals surface area contributed by atoms with Crippen molar-refractivity contribution < 1.29 is 41.0 Å². The number of aliphatic hydroxyl groups is 1. The Hall–Kier alpha value is -3.58. The molecule has 3 heterocycles. The van der Waals surface area contributed by atoms with Gasteiger partial charge in [-0.1, -0.05) is 12.1 Å². The molecule has 0 bridgehead atoms. The fourth-order valence-corrected chi connectivity index (χ4v) is 5.42. The van der Waals surface area contributed by atoms with E-state index < -0.39 is 62.0 Å². The average Bonchev–Trinajstić information content (AvgIpc) is 3.21. The second kappa shape index (κ2) is 9.71. The largest absolute Gasteiger partial charge is 0.480 e. The smallest absolute Gasteiger partial charge is 0.418 e. The molecule has 1 aliphatic rings. The van der Waals surface area contributed by atoms with Crippen LogP contribution in [-0.2, 0) is 26.6 Å². The highest BCUT2D eigenvalue weighted by molar-refractivity contribution is 7.90. The number of halogens is 4. The molecule has 0 saturated carbocycles. The molecule has 196 valence electrons. The molecule has 0 radical (unpaired) electrons. The molecule has 1 fully saturated rings. The van der Waals surface area contributed by atoms with Gasteiger partial charge < -0.3 is 15.1 Å². The van der Waals surface area contributed by atoms with E-state index in [1.807, 2.05) is 0 Å². The summed E-state index contributed by atoms with van der Waals surface area (Å²) in [7, 11) is -4.25. The summed E-state index contributed by atoms with van der Waals surface area (Å²) >= 11 is 0. The number of pyridine rings is 2. The fraction of sp³-hybridized carbons (Fsp3) is 0.292. The van der Waals surface area contributed by atoms with E-state index in [1.165, 1.54) is 36.1 Å². The Labute approximate surface area is 209 Å². The number of sulfone groups is 1. The number of carboxylic acids is 1. The predicted molar refractivity (Wildman–Crippen MR) is 124 cm³/mol. The fourth-order valence-electron chi connectivity index (χ4n) is 4.20. The molecule has 1 aromatic carbocycles. The number of aromatic nitrogens is 2. The molecule has 0 aliphatic carbocycles. The number of alkyl halides is 3. The lowest BCUT2D eigenvalue weighted by molar-refractivity contribution is -0.140. The maximum absolute atomic E-state index is 13.9. The minimum atomic E-state index is -4.82. The summed E-state index contributed by atoms with van der Waals surface area (Å²) in [4.78, 5) is 20.8. The first-order valence-electron chi connectivity index (χ1n) is 11.0. The summed E-state index contributed by atoms with van der Waals surface area (Å²) in [5.41, 5.74) is -1.78. The molecule has 3 aromatic rings. The number of aryl methyl sites for hydroxylation is 1. The van der Waals surface area contributed by atoms with E-state index in [-0.39, 0.29) is 30.0 Å². The number of rotatable bonds is 6. The molecule has 8 nitrogen and oxygen atoms in total. The van der Waals surface area contributed by atoms with Crippen molar-refractivity contribution in [3.8, 4) is 11.3 Å². The minimum Gasteiger partial charge on any atom is -0.480 e. The van der Waals surface area contributed by atoms with Crippen LogP contribution in [0, 0.1) is 12.7 Å². The number of hydrogen-bond donors (Lipinski definition) is 2. The average molecular weight is 540 g/mol. The van der Waals surface area contributed by atoms with Gasteiger partial charge in [0.25, 0.3) is 0 Å². The van der Waals surface area contributed by atoms with E-state index in [4.69, 9.17) is 0 Å². The Morgan fingerprint density at radius 2 is 1.86 bits per heavy atom. The van der Waals surface area contributed by atoms with Gasteiger partial charge in [-0.15, -0.1) is 0 Å². The van der Waals surface area contributed by atoms with Gasteiger partial charge in [-0.25, -0.2) is 22.6 Å². The first-order chi connectivity index (χ1) is 17.3. The summed E-state index contributed by atoms with van der Waals surface area (Å²) in [6, 6.07) is 7.53. The van der Waals surface area contributed by atoms with Gasteiger partial charge in [0.1, 0.15) is 11.6 Å². The lowest BCUT2D eigenvalue weighted by atomic mass is 10.00. The minimum absolute atomic E-state index is 0.0153. The van der Waals surface area contributed by atoms with Crippen LogP contribution >= 0.6 is 0 Å². The number of nitrogens with zero attached hydrogens (tertiary/aromatic N) is 3. The molecular formula is C24H21F4N3O5S. The second-order valence-corrected chi connectivity index (χ2v) is 10.5. The van der Waals surface area contributed by atoms with Gasteiger partial charge in [0.05, 0.1) is 28.8 Å². The van der Waals surface area contributed by atoms with Crippen LogP contribution in [0.4, 0.5) is 23.4 Å². The molecule has 1 aliphatic heterocycles. The molecule has 2 unspecified atom stereocenters. The van der Waals surface area contributed by atoms with Crippen LogP contribution in [0.25, 0.3) is 11.3 Å². The van der Waals surface area contributed by atoms with Gasteiger partial charge in [-0.05, 0) is 55.3 Å². The number of anilines is 1. The quantitative estimate of drug-likeness (QED) is 0.456. The SMILES string of the molecule is Cc1ccc(F)cc1-c1nc(CS(=O)(=O)c2cccc(N3CCC(O)C3C(=O)O)n2)ccc1C(F)(F)F. The third-order valence-electron chi connectivity index (χ3n) is 5.99. The van der Waals surface area contributed by atoms with Crippen LogP contribution < -0.4 is 4.90 Å². The maximum Gasteiger partial charge on any atom is 0.418 e. The van der Waals surface area contributed by atoms with E-state index in [1.54, 1.807) is 0 Å². The lowest BCUT2D eigenvalue weighted by Gasteiger charge is -2.24. The summed E-state index contributed by atoms with van der Waals surface area (Å²) in [6.45, 7) is 1.61.